The number of hydrogen-bond acceptors (Lipinski definition) is 7. The molecule has 1 N–H and O–H groups in total. The van der Waals surface area contributed by atoms with Crippen LogP contribution in [0, 0.1) is 12.8 Å². The maximum atomic E-state index is 13.8. The van der Waals surface area contributed by atoms with E-state index in [1.165, 1.54) is 19.3 Å². The number of amides is 2. The zero-order valence-corrected chi connectivity index (χ0v) is 19.9. The van der Waals surface area contributed by atoms with Gasteiger partial charge < -0.3 is 14.6 Å². The van der Waals surface area contributed by atoms with Crippen LogP contribution in [0.2, 0.25) is 0 Å². The number of hydroxylamine groups is 1. The maximum Gasteiger partial charge on any atom is 0.339 e. The van der Waals surface area contributed by atoms with E-state index >= 15 is 0 Å². The van der Waals surface area contributed by atoms with Gasteiger partial charge in [-0.2, -0.15) is 0 Å². The van der Waals surface area contributed by atoms with Crippen LogP contribution in [0.25, 0.3) is 0 Å². The van der Waals surface area contributed by atoms with Crippen LogP contribution in [0.5, 0.6) is 11.5 Å². The van der Waals surface area contributed by atoms with Crippen LogP contribution in [0.3, 0.4) is 0 Å². The van der Waals surface area contributed by atoms with E-state index in [-0.39, 0.29) is 22.6 Å². The minimum absolute atomic E-state index is 0.0196. The summed E-state index contributed by atoms with van der Waals surface area (Å²) in [6.07, 6.45) is -1.13. The summed E-state index contributed by atoms with van der Waals surface area (Å²) < 4.78 is 10.7. The van der Waals surface area contributed by atoms with Gasteiger partial charge in [-0.1, -0.05) is 42.0 Å². The molecule has 0 bridgehead atoms. The molecule has 5 rings (SSSR count). The molecule has 36 heavy (non-hydrogen) atoms. The summed E-state index contributed by atoms with van der Waals surface area (Å²) in [5, 5.41) is 11.6. The SMILES string of the molecule is COc1ccc([C@H]2[C@H]3C(=O)N(c4ccc(C)cc4)C(=O)[C@H]3ON2c2ccccc2)c(C(=O)O)c1OC. The lowest BCUT2D eigenvalue weighted by atomic mass is 9.87. The number of rotatable bonds is 6. The maximum absolute atomic E-state index is 13.8. The van der Waals surface area contributed by atoms with E-state index in [9.17, 15) is 19.5 Å². The molecule has 2 heterocycles. The number of fused-ring (bicyclic) bond motifs is 1. The average Bonchev–Trinajstić information content (AvgIpc) is 3.39. The lowest BCUT2D eigenvalue weighted by Gasteiger charge is -2.30. The molecular formula is C27H24N2O7. The van der Waals surface area contributed by atoms with Crippen LogP contribution >= 0.6 is 0 Å². The molecule has 3 aromatic carbocycles. The minimum atomic E-state index is -1.26. The number of ether oxygens (including phenoxy) is 2. The van der Waals surface area contributed by atoms with Gasteiger partial charge in [0.1, 0.15) is 11.5 Å². The number of para-hydroxylation sites is 1. The predicted molar refractivity (Wildman–Crippen MR) is 130 cm³/mol. The molecule has 2 fully saturated rings. The quantitative estimate of drug-likeness (QED) is 0.523. The number of methoxy groups -OCH3 is 2. The van der Waals surface area contributed by atoms with Gasteiger partial charge in [0.05, 0.1) is 31.6 Å². The van der Waals surface area contributed by atoms with Crippen molar-refractivity contribution in [2.45, 2.75) is 19.1 Å². The van der Waals surface area contributed by atoms with Crippen LogP contribution in [0.1, 0.15) is 27.5 Å². The molecule has 0 aliphatic carbocycles. The number of aromatic carboxylic acids is 1. The fourth-order valence-electron chi connectivity index (χ4n) is 4.89. The van der Waals surface area contributed by atoms with E-state index in [2.05, 4.69) is 0 Å². The summed E-state index contributed by atoms with van der Waals surface area (Å²) in [4.78, 5) is 47.0. The van der Waals surface area contributed by atoms with E-state index < -0.39 is 35.8 Å². The highest BCUT2D eigenvalue weighted by molar-refractivity contribution is 6.24. The van der Waals surface area contributed by atoms with Crippen molar-refractivity contribution in [2.24, 2.45) is 5.92 Å². The standard InChI is InChI=1S/C27H24N2O7/c1-15-9-11-16(12-10-15)28-25(30)21-22(18-13-14-19(34-2)23(35-3)20(18)27(32)33)29(36-24(21)26(28)31)17-7-5-4-6-8-17/h4-14,21-22,24H,1-3H3,(H,32,33)/t21-,22+,24+/m1/s1. The first kappa shape index (κ1) is 23.4. The van der Waals surface area contributed by atoms with Crippen molar-refractivity contribution in [1.29, 1.82) is 0 Å². The van der Waals surface area contributed by atoms with Gasteiger partial charge in [-0.3, -0.25) is 14.4 Å². The Kier molecular flexibility index (Phi) is 5.85. The normalized spacial score (nSPS) is 21.0. The molecule has 9 nitrogen and oxygen atoms in total. The molecule has 2 saturated heterocycles. The third-order valence-electron chi connectivity index (χ3n) is 6.53. The molecule has 9 heteroatoms. The van der Waals surface area contributed by atoms with Gasteiger partial charge in [-0.15, -0.1) is 0 Å². The van der Waals surface area contributed by atoms with Crippen molar-refractivity contribution in [3.63, 3.8) is 0 Å². The van der Waals surface area contributed by atoms with Gasteiger partial charge in [0.2, 0.25) is 5.91 Å². The van der Waals surface area contributed by atoms with E-state index in [1.54, 1.807) is 48.5 Å². The Labute approximate surface area is 207 Å². The summed E-state index contributed by atoms with van der Waals surface area (Å²) in [5.74, 6) is -2.97. The molecule has 3 atom stereocenters. The van der Waals surface area contributed by atoms with Crippen LogP contribution < -0.4 is 19.4 Å². The number of aryl methyl sites for hydroxylation is 1. The number of anilines is 2. The second-order valence-electron chi connectivity index (χ2n) is 8.58. The Morgan fingerprint density at radius 1 is 0.889 bits per heavy atom. The highest BCUT2D eigenvalue weighted by atomic mass is 16.7. The second-order valence-corrected chi connectivity index (χ2v) is 8.58. The van der Waals surface area contributed by atoms with Crippen molar-refractivity contribution in [2.75, 3.05) is 24.2 Å². The molecule has 0 spiro atoms. The first-order valence-electron chi connectivity index (χ1n) is 11.3. The summed E-state index contributed by atoms with van der Waals surface area (Å²) in [6, 6.07) is 18.2. The van der Waals surface area contributed by atoms with Crippen molar-refractivity contribution in [3.05, 3.63) is 83.4 Å². The number of hydrogen-bond donors (Lipinski definition) is 1. The van der Waals surface area contributed by atoms with Crippen molar-refractivity contribution in [3.8, 4) is 11.5 Å². The molecule has 2 aliphatic rings. The van der Waals surface area contributed by atoms with Gasteiger partial charge >= 0.3 is 5.97 Å². The summed E-state index contributed by atoms with van der Waals surface area (Å²) >= 11 is 0. The number of carbonyl (C=O) groups excluding carboxylic acids is 2. The number of benzene rings is 3. The summed E-state index contributed by atoms with van der Waals surface area (Å²) in [6.45, 7) is 1.91. The third kappa shape index (κ3) is 3.56. The van der Waals surface area contributed by atoms with Gasteiger partial charge in [0.25, 0.3) is 5.91 Å². The highest BCUT2D eigenvalue weighted by Crippen LogP contribution is 2.50. The van der Waals surface area contributed by atoms with E-state index in [1.807, 2.05) is 25.1 Å². The van der Waals surface area contributed by atoms with E-state index in [0.717, 1.165) is 10.5 Å². The molecule has 2 amide bonds. The molecule has 0 aromatic heterocycles. The van der Waals surface area contributed by atoms with Crippen LogP contribution in [0.15, 0.2) is 66.7 Å². The predicted octanol–water partition coefficient (Wildman–Crippen LogP) is 3.76. The number of carbonyl (C=O) groups is 3. The van der Waals surface area contributed by atoms with Gasteiger partial charge in [0.15, 0.2) is 17.6 Å². The smallest absolute Gasteiger partial charge is 0.339 e. The first-order valence-corrected chi connectivity index (χ1v) is 11.3. The summed E-state index contributed by atoms with van der Waals surface area (Å²) in [7, 11) is 2.76. The molecule has 0 radical (unpaired) electrons. The Morgan fingerprint density at radius 3 is 2.19 bits per heavy atom. The number of nitrogens with zero attached hydrogens (tertiary/aromatic N) is 2. The lowest BCUT2D eigenvalue weighted by molar-refractivity contribution is -0.126. The van der Waals surface area contributed by atoms with Crippen LogP contribution in [-0.4, -0.2) is 43.2 Å². The van der Waals surface area contributed by atoms with Crippen LogP contribution in [0.4, 0.5) is 11.4 Å². The molecule has 0 unspecified atom stereocenters. The number of carboxylic acid groups (broad SMARTS) is 1. The molecule has 2 aliphatic heterocycles. The largest absolute Gasteiger partial charge is 0.493 e. The van der Waals surface area contributed by atoms with Crippen molar-refractivity contribution < 1.29 is 33.8 Å². The average molecular weight is 488 g/mol. The third-order valence-corrected chi connectivity index (χ3v) is 6.53. The monoisotopic (exact) mass is 488 g/mol. The minimum Gasteiger partial charge on any atom is -0.493 e. The first-order chi connectivity index (χ1) is 17.4. The lowest BCUT2D eigenvalue weighted by Crippen LogP contribution is -2.37. The topological polar surface area (TPSA) is 106 Å². The second kappa shape index (κ2) is 9.01. The molecule has 3 aromatic rings. The molecular weight excluding hydrogens is 464 g/mol. The Bertz CT molecular complexity index is 1340. The van der Waals surface area contributed by atoms with Crippen molar-refractivity contribution >= 4 is 29.2 Å². The number of carboxylic acids is 1. The Morgan fingerprint density at radius 2 is 1.58 bits per heavy atom. The van der Waals surface area contributed by atoms with E-state index in [4.69, 9.17) is 14.3 Å². The number of imide groups is 1. The fourth-order valence-corrected chi connectivity index (χ4v) is 4.89. The Balaban J connectivity index is 1.68. The zero-order chi connectivity index (χ0) is 25.6. The van der Waals surface area contributed by atoms with Crippen molar-refractivity contribution in [1.82, 2.24) is 0 Å². The van der Waals surface area contributed by atoms with Gasteiger partial charge in [-0.05, 0) is 42.8 Å². The van der Waals surface area contributed by atoms with E-state index in [0.29, 0.717) is 11.4 Å². The van der Waals surface area contributed by atoms with Gasteiger partial charge in [0, 0.05) is 0 Å². The summed E-state index contributed by atoms with van der Waals surface area (Å²) in [5.41, 5.74) is 2.10. The molecule has 0 saturated carbocycles. The van der Waals surface area contributed by atoms with Crippen LogP contribution in [-0.2, 0) is 14.4 Å². The zero-order valence-electron chi connectivity index (χ0n) is 19.9. The highest BCUT2D eigenvalue weighted by Gasteiger charge is 2.61. The molecule has 184 valence electrons. The fraction of sp³-hybridized carbons (Fsp3) is 0.222. The van der Waals surface area contributed by atoms with Gasteiger partial charge in [-0.25, -0.2) is 14.8 Å². The Hall–Kier alpha value is -4.37.